The van der Waals surface area contributed by atoms with Crippen LogP contribution in [0.2, 0.25) is 0 Å². The van der Waals surface area contributed by atoms with Crippen LogP contribution in [0.5, 0.6) is 5.75 Å². The number of nitrogens with zero attached hydrogens (tertiary/aromatic N) is 2. The minimum absolute atomic E-state index is 0.0701. The van der Waals surface area contributed by atoms with E-state index in [4.69, 9.17) is 15.2 Å². The predicted molar refractivity (Wildman–Crippen MR) is 76.5 cm³/mol. The summed E-state index contributed by atoms with van der Waals surface area (Å²) in [6.45, 7) is 1.89. The van der Waals surface area contributed by atoms with Gasteiger partial charge in [-0.3, -0.25) is 4.90 Å². The SMILES string of the molecule is NC1CC(C2CN(c3ccc4c(n3)NCCO4)C(=O)O2)C1. The summed E-state index contributed by atoms with van der Waals surface area (Å²) < 4.78 is 11.0. The number of nitrogens with one attached hydrogen (secondary N) is 1. The Bertz CT molecular complexity index is 573. The lowest BCUT2D eigenvalue weighted by atomic mass is 9.77. The summed E-state index contributed by atoms with van der Waals surface area (Å²) in [5.41, 5.74) is 5.80. The number of aromatic nitrogens is 1. The third-order valence-electron chi connectivity index (χ3n) is 4.34. The fourth-order valence-corrected chi connectivity index (χ4v) is 3.09. The molecule has 112 valence electrons. The lowest BCUT2D eigenvalue weighted by molar-refractivity contribution is 0.0620. The lowest BCUT2D eigenvalue weighted by Crippen LogP contribution is -2.43. The summed E-state index contributed by atoms with van der Waals surface area (Å²) in [4.78, 5) is 18.1. The molecule has 7 nitrogen and oxygen atoms in total. The van der Waals surface area contributed by atoms with Crippen molar-refractivity contribution in [3.05, 3.63) is 12.1 Å². The van der Waals surface area contributed by atoms with Crippen molar-refractivity contribution in [1.29, 1.82) is 0 Å². The van der Waals surface area contributed by atoms with Crippen LogP contribution in [0.3, 0.4) is 0 Å². The minimum Gasteiger partial charge on any atom is -0.488 e. The number of fused-ring (bicyclic) bond motifs is 1. The second-order valence-corrected chi connectivity index (χ2v) is 5.82. The summed E-state index contributed by atoms with van der Waals surface area (Å²) in [7, 11) is 0. The molecule has 1 atom stereocenters. The quantitative estimate of drug-likeness (QED) is 0.843. The van der Waals surface area contributed by atoms with Crippen molar-refractivity contribution in [1.82, 2.24) is 4.98 Å². The van der Waals surface area contributed by atoms with Gasteiger partial charge in [-0.2, -0.15) is 0 Å². The third kappa shape index (κ3) is 2.17. The number of hydrogen-bond donors (Lipinski definition) is 2. The summed E-state index contributed by atoms with van der Waals surface area (Å²) in [5.74, 6) is 2.38. The van der Waals surface area contributed by atoms with E-state index >= 15 is 0 Å². The number of hydrogen-bond acceptors (Lipinski definition) is 6. The molecular weight excluding hydrogens is 272 g/mol. The Morgan fingerprint density at radius 2 is 2.24 bits per heavy atom. The van der Waals surface area contributed by atoms with Crippen LogP contribution in [0.15, 0.2) is 12.1 Å². The number of nitrogens with two attached hydrogens (primary N) is 1. The van der Waals surface area contributed by atoms with Crippen molar-refractivity contribution in [3.63, 3.8) is 0 Å². The zero-order valence-electron chi connectivity index (χ0n) is 11.6. The number of carbonyl (C=O) groups excluding carboxylic acids is 1. The van der Waals surface area contributed by atoms with E-state index in [1.165, 1.54) is 0 Å². The Morgan fingerprint density at radius 3 is 3.05 bits per heavy atom. The molecule has 3 aliphatic rings. The minimum atomic E-state index is -0.329. The molecule has 4 rings (SSSR count). The van der Waals surface area contributed by atoms with Gasteiger partial charge in [0, 0.05) is 12.0 Å². The van der Waals surface area contributed by atoms with Gasteiger partial charge in [-0.15, -0.1) is 0 Å². The first-order chi connectivity index (χ1) is 10.2. The highest BCUT2D eigenvalue weighted by molar-refractivity contribution is 5.89. The van der Waals surface area contributed by atoms with Crippen LogP contribution in [0.4, 0.5) is 16.4 Å². The first-order valence-corrected chi connectivity index (χ1v) is 7.32. The van der Waals surface area contributed by atoms with Gasteiger partial charge >= 0.3 is 6.09 Å². The normalized spacial score (nSPS) is 30.8. The van der Waals surface area contributed by atoms with Crippen LogP contribution in [0.1, 0.15) is 12.8 Å². The maximum atomic E-state index is 12.1. The Labute approximate surface area is 122 Å². The van der Waals surface area contributed by atoms with E-state index in [1.807, 2.05) is 6.07 Å². The van der Waals surface area contributed by atoms with Crippen LogP contribution in [0.25, 0.3) is 0 Å². The van der Waals surface area contributed by atoms with Crippen LogP contribution in [-0.4, -0.2) is 42.9 Å². The van der Waals surface area contributed by atoms with Gasteiger partial charge in [0.05, 0.1) is 13.1 Å². The first kappa shape index (κ1) is 12.7. The number of rotatable bonds is 2. The van der Waals surface area contributed by atoms with Crippen molar-refractivity contribution in [2.24, 2.45) is 11.7 Å². The molecule has 1 aromatic heterocycles. The van der Waals surface area contributed by atoms with E-state index in [2.05, 4.69) is 10.3 Å². The molecule has 2 fully saturated rings. The molecule has 21 heavy (non-hydrogen) atoms. The highest BCUT2D eigenvalue weighted by Gasteiger charge is 2.42. The number of pyridine rings is 1. The molecule has 1 aliphatic carbocycles. The fraction of sp³-hybridized carbons (Fsp3) is 0.571. The zero-order chi connectivity index (χ0) is 14.4. The van der Waals surface area contributed by atoms with Crippen molar-refractivity contribution in [2.75, 3.05) is 29.9 Å². The average Bonchev–Trinajstić information content (AvgIpc) is 2.85. The van der Waals surface area contributed by atoms with Crippen molar-refractivity contribution < 1.29 is 14.3 Å². The summed E-state index contributed by atoms with van der Waals surface area (Å²) in [6.07, 6.45) is 1.46. The molecule has 1 saturated heterocycles. The molecular formula is C14H18N4O3. The van der Waals surface area contributed by atoms with Gasteiger partial charge in [-0.25, -0.2) is 9.78 Å². The van der Waals surface area contributed by atoms with Crippen molar-refractivity contribution in [3.8, 4) is 5.75 Å². The predicted octanol–water partition coefficient (Wildman–Crippen LogP) is 0.948. The topological polar surface area (TPSA) is 89.7 Å². The molecule has 0 bridgehead atoms. The number of anilines is 2. The Hall–Kier alpha value is -2.02. The van der Waals surface area contributed by atoms with E-state index in [-0.39, 0.29) is 18.2 Å². The highest BCUT2D eigenvalue weighted by Crippen LogP contribution is 2.36. The van der Waals surface area contributed by atoms with Crippen molar-refractivity contribution >= 4 is 17.7 Å². The molecule has 0 aromatic carbocycles. The molecule has 1 unspecified atom stereocenters. The molecule has 1 aromatic rings. The largest absolute Gasteiger partial charge is 0.488 e. The summed E-state index contributed by atoms with van der Waals surface area (Å²) in [5, 5.41) is 3.17. The number of ether oxygens (including phenoxy) is 2. The van der Waals surface area contributed by atoms with Crippen LogP contribution in [-0.2, 0) is 4.74 Å². The lowest BCUT2D eigenvalue weighted by Gasteiger charge is -2.35. The molecule has 0 radical (unpaired) electrons. The van der Waals surface area contributed by atoms with E-state index in [0.717, 1.165) is 25.1 Å². The van der Waals surface area contributed by atoms with Gasteiger partial charge in [-0.05, 0) is 25.0 Å². The van der Waals surface area contributed by atoms with E-state index in [1.54, 1.807) is 11.0 Å². The standard InChI is InChI=1S/C14H18N4O3/c15-9-5-8(6-9)11-7-18(14(19)21-11)12-2-1-10-13(17-12)16-3-4-20-10/h1-2,8-9,11H,3-7,15H2,(H,16,17). The summed E-state index contributed by atoms with van der Waals surface area (Å²) in [6, 6.07) is 3.89. The monoisotopic (exact) mass is 290 g/mol. The van der Waals surface area contributed by atoms with Gasteiger partial charge in [0.25, 0.3) is 0 Å². The molecule has 7 heteroatoms. The third-order valence-corrected chi connectivity index (χ3v) is 4.34. The summed E-state index contributed by atoms with van der Waals surface area (Å²) >= 11 is 0. The molecule has 2 aliphatic heterocycles. The van der Waals surface area contributed by atoms with Gasteiger partial charge < -0.3 is 20.5 Å². The fourth-order valence-electron chi connectivity index (χ4n) is 3.09. The maximum Gasteiger partial charge on any atom is 0.415 e. The Morgan fingerprint density at radius 1 is 1.38 bits per heavy atom. The smallest absolute Gasteiger partial charge is 0.415 e. The highest BCUT2D eigenvalue weighted by atomic mass is 16.6. The van der Waals surface area contributed by atoms with Crippen molar-refractivity contribution in [2.45, 2.75) is 25.0 Å². The Kier molecular flexibility index (Phi) is 2.88. The van der Waals surface area contributed by atoms with Crippen LogP contribution < -0.4 is 20.7 Å². The zero-order valence-corrected chi connectivity index (χ0v) is 11.6. The second kappa shape index (κ2) is 4.77. The molecule has 0 spiro atoms. The van der Waals surface area contributed by atoms with Crippen LogP contribution in [0, 0.1) is 5.92 Å². The molecule has 1 amide bonds. The number of amides is 1. The second-order valence-electron chi connectivity index (χ2n) is 5.82. The average molecular weight is 290 g/mol. The molecule has 1 saturated carbocycles. The van der Waals surface area contributed by atoms with E-state index in [0.29, 0.717) is 30.7 Å². The number of cyclic esters (lactones) is 1. The Balaban J connectivity index is 1.52. The number of carbonyl (C=O) groups is 1. The van der Waals surface area contributed by atoms with E-state index < -0.39 is 0 Å². The van der Waals surface area contributed by atoms with Gasteiger partial charge in [-0.1, -0.05) is 0 Å². The van der Waals surface area contributed by atoms with Gasteiger partial charge in [0.1, 0.15) is 18.5 Å². The van der Waals surface area contributed by atoms with Gasteiger partial charge in [0.2, 0.25) is 0 Å². The van der Waals surface area contributed by atoms with Gasteiger partial charge in [0.15, 0.2) is 11.6 Å². The maximum absolute atomic E-state index is 12.1. The molecule has 3 N–H and O–H groups in total. The van der Waals surface area contributed by atoms with Crippen LogP contribution >= 0.6 is 0 Å². The first-order valence-electron chi connectivity index (χ1n) is 7.32. The molecule has 3 heterocycles. The van der Waals surface area contributed by atoms with E-state index in [9.17, 15) is 4.79 Å².